The van der Waals surface area contributed by atoms with Crippen LogP contribution in [-0.2, 0) is 4.74 Å². The van der Waals surface area contributed by atoms with Crippen LogP contribution in [0.5, 0.6) is 11.5 Å². The molecule has 1 atom stereocenters. The molecule has 1 aromatic carbocycles. The van der Waals surface area contributed by atoms with Gasteiger partial charge >= 0.3 is 0 Å². The van der Waals surface area contributed by atoms with Crippen molar-refractivity contribution in [1.29, 1.82) is 0 Å². The number of anilines is 1. The standard InChI is InChI=1S/C14H22N2O3/c1-15-9-12-10-16(6-7-19-12)13-8-11(17-2)4-5-14(13)18-3/h4-5,8,12,15H,6-7,9-10H2,1-3H3. The highest BCUT2D eigenvalue weighted by Gasteiger charge is 2.22. The monoisotopic (exact) mass is 266 g/mol. The number of nitrogens with zero attached hydrogens (tertiary/aromatic N) is 1. The Kier molecular flexibility index (Phi) is 4.87. The molecule has 1 aliphatic rings. The van der Waals surface area contributed by atoms with E-state index in [1.807, 2.05) is 25.2 Å². The molecule has 1 heterocycles. The van der Waals surface area contributed by atoms with Gasteiger partial charge in [0.25, 0.3) is 0 Å². The molecule has 0 spiro atoms. The van der Waals surface area contributed by atoms with Gasteiger partial charge in [-0.25, -0.2) is 0 Å². The molecule has 0 amide bonds. The van der Waals surface area contributed by atoms with Gasteiger partial charge in [-0.1, -0.05) is 0 Å². The fourth-order valence-electron chi connectivity index (χ4n) is 2.33. The Balaban J connectivity index is 2.19. The van der Waals surface area contributed by atoms with Crippen molar-refractivity contribution in [3.8, 4) is 11.5 Å². The van der Waals surface area contributed by atoms with Gasteiger partial charge < -0.3 is 24.4 Å². The van der Waals surface area contributed by atoms with E-state index in [2.05, 4.69) is 10.2 Å². The first-order valence-electron chi connectivity index (χ1n) is 6.51. The third-order valence-corrected chi connectivity index (χ3v) is 3.30. The summed E-state index contributed by atoms with van der Waals surface area (Å²) >= 11 is 0. The van der Waals surface area contributed by atoms with Crippen molar-refractivity contribution in [1.82, 2.24) is 5.32 Å². The molecule has 1 aliphatic heterocycles. The first kappa shape index (κ1) is 14.0. The van der Waals surface area contributed by atoms with Crippen LogP contribution >= 0.6 is 0 Å². The molecule has 0 bridgehead atoms. The summed E-state index contributed by atoms with van der Waals surface area (Å²) in [6.07, 6.45) is 0.203. The Morgan fingerprint density at radius 1 is 1.37 bits per heavy atom. The van der Waals surface area contributed by atoms with Crippen molar-refractivity contribution >= 4 is 5.69 Å². The molecule has 19 heavy (non-hydrogen) atoms. The smallest absolute Gasteiger partial charge is 0.142 e. The Morgan fingerprint density at radius 3 is 2.89 bits per heavy atom. The predicted molar refractivity (Wildman–Crippen MR) is 75.4 cm³/mol. The molecule has 1 saturated heterocycles. The number of ether oxygens (including phenoxy) is 3. The van der Waals surface area contributed by atoms with E-state index in [0.29, 0.717) is 0 Å². The molecule has 0 aliphatic carbocycles. The van der Waals surface area contributed by atoms with Crippen molar-refractivity contribution in [3.05, 3.63) is 18.2 Å². The summed E-state index contributed by atoms with van der Waals surface area (Å²) in [4.78, 5) is 2.28. The molecule has 1 N–H and O–H groups in total. The Bertz CT molecular complexity index is 410. The lowest BCUT2D eigenvalue weighted by atomic mass is 10.2. The third kappa shape index (κ3) is 3.30. The molecular formula is C14H22N2O3. The van der Waals surface area contributed by atoms with Gasteiger partial charge in [0.2, 0.25) is 0 Å². The number of hydrogen-bond acceptors (Lipinski definition) is 5. The zero-order valence-electron chi connectivity index (χ0n) is 11.8. The quantitative estimate of drug-likeness (QED) is 0.865. The molecule has 1 unspecified atom stereocenters. The van der Waals surface area contributed by atoms with E-state index < -0.39 is 0 Å². The average Bonchev–Trinajstić information content (AvgIpc) is 2.47. The van der Waals surface area contributed by atoms with E-state index in [1.54, 1.807) is 14.2 Å². The minimum absolute atomic E-state index is 0.203. The van der Waals surface area contributed by atoms with Crippen LogP contribution in [0.1, 0.15) is 0 Å². The van der Waals surface area contributed by atoms with E-state index in [-0.39, 0.29) is 6.10 Å². The number of rotatable bonds is 5. The van der Waals surface area contributed by atoms with Gasteiger partial charge in [0.1, 0.15) is 11.5 Å². The molecule has 0 aromatic heterocycles. The second kappa shape index (κ2) is 6.63. The van der Waals surface area contributed by atoms with Crippen LogP contribution in [0.15, 0.2) is 18.2 Å². The number of morpholine rings is 1. The van der Waals surface area contributed by atoms with Crippen LogP contribution < -0.4 is 19.7 Å². The van der Waals surface area contributed by atoms with Crippen molar-refractivity contribution in [2.24, 2.45) is 0 Å². The van der Waals surface area contributed by atoms with Crippen molar-refractivity contribution in [3.63, 3.8) is 0 Å². The fourth-order valence-corrected chi connectivity index (χ4v) is 2.33. The largest absolute Gasteiger partial charge is 0.497 e. The molecule has 5 heteroatoms. The topological polar surface area (TPSA) is 43.0 Å². The lowest BCUT2D eigenvalue weighted by molar-refractivity contribution is 0.0420. The zero-order valence-corrected chi connectivity index (χ0v) is 11.8. The van der Waals surface area contributed by atoms with Crippen molar-refractivity contribution in [2.45, 2.75) is 6.10 Å². The van der Waals surface area contributed by atoms with Crippen LogP contribution in [0, 0.1) is 0 Å². The summed E-state index contributed by atoms with van der Waals surface area (Å²) in [5.41, 5.74) is 1.06. The summed E-state index contributed by atoms with van der Waals surface area (Å²) in [5, 5.41) is 3.15. The first-order chi connectivity index (χ1) is 9.28. The molecular weight excluding hydrogens is 244 g/mol. The molecule has 2 rings (SSSR count). The van der Waals surface area contributed by atoms with E-state index in [9.17, 15) is 0 Å². The van der Waals surface area contributed by atoms with E-state index in [1.165, 1.54) is 0 Å². The van der Waals surface area contributed by atoms with Gasteiger partial charge in [0.15, 0.2) is 0 Å². The van der Waals surface area contributed by atoms with Crippen LogP contribution in [0.4, 0.5) is 5.69 Å². The Morgan fingerprint density at radius 2 is 2.21 bits per heavy atom. The zero-order chi connectivity index (χ0) is 13.7. The Labute approximate surface area is 114 Å². The number of benzene rings is 1. The van der Waals surface area contributed by atoms with E-state index in [0.717, 1.165) is 43.4 Å². The van der Waals surface area contributed by atoms with Crippen LogP contribution in [0.2, 0.25) is 0 Å². The highest BCUT2D eigenvalue weighted by Crippen LogP contribution is 2.33. The maximum atomic E-state index is 5.72. The molecule has 5 nitrogen and oxygen atoms in total. The Hall–Kier alpha value is -1.46. The highest BCUT2D eigenvalue weighted by atomic mass is 16.5. The molecule has 1 fully saturated rings. The lowest BCUT2D eigenvalue weighted by Gasteiger charge is -2.35. The molecule has 106 valence electrons. The highest BCUT2D eigenvalue weighted by molar-refractivity contribution is 5.62. The third-order valence-electron chi connectivity index (χ3n) is 3.30. The second-order valence-electron chi connectivity index (χ2n) is 4.53. The summed E-state index contributed by atoms with van der Waals surface area (Å²) in [6.45, 7) is 3.30. The predicted octanol–water partition coefficient (Wildman–Crippen LogP) is 1.13. The van der Waals surface area contributed by atoms with Gasteiger partial charge in [-0.3, -0.25) is 0 Å². The SMILES string of the molecule is CNCC1CN(c2cc(OC)ccc2OC)CCO1. The first-order valence-corrected chi connectivity index (χ1v) is 6.51. The summed E-state index contributed by atoms with van der Waals surface area (Å²) in [6, 6.07) is 5.87. The number of nitrogens with one attached hydrogen (secondary N) is 1. The van der Waals surface area contributed by atoms with Crippen molar-refractivity contribution < 1.29 is 14.2 Å². The van der Waals surface area contributed by atoms with Gasteiger partial charge in [-0.15, -0.1) is 0 Å². The van der Waals surface area contributed by atoms with Gasteiger partial charge in [-0.05, 0) is 19.2 Å². The fraction of sp³-hybridized carbons (Fsp3) is 0.571. The average molecular weight is 266 g/mol. The lowest BCUT2D eigenvalue weighted by Crippen LogP contribution is -2.46. The van der Waals surface area contributed by atoms with E-state index >= 15 is 0 Å². The maximum Gasteiger partial charge on any atom is 0.142 e. The van der Waals surface area contributed by atoms with Gasteiger partial charge in [-0.2, -0.15) is 0 Å². The summed E-state index contributed by atoms with van der Waals surface area (Å²) < 4.78 is 16.5. The number of methoxy groups -OCH3 is 2. The van der Waals surface area contributed by atoms with Crippen LogP contribution in [0.25, 0.3) is 0 Å². The maximum absolute atomic E-state index is 5.72. The normalized spacial score (nSPS) is 19.3. The van der Waals surface area contributed by atoms with E-state index in [4.69, 9.17) is 14.2 Å². The second-order valence-corrected chi connectivity index (χ2v) is 4.53. The molecule has 0 saturated carbocycles. The number of likely N-dealkylation sites (N-methyl/N-ethyl adjacent to an activating group) is 1. The summed E-state index contributed by atoms with van der Waals surface area (Å²) in [5.74, 6) is 1.71. The van der Waals surface area contributed by atoms with Gasteiger partial charge in [0, 0.05) is 25.7 Å². The minimum Gasteiger partial charge on any atom is -0.497 e. The summed E-state index contributed by atoms with van der Waals surface area (Å²) in [7, 11) is 5.31. The molecule has 1 aromatic rings. The number of hydrogen-bond donors (Lipinski definition) is 1. The van der Waals surface area contributed by atoms with Gasteiger partial charge in [0.05, 0.1) is 32.6 Å². The minimum atomic E-state index is 0.203. The molecule has 0 radical (unpaired) electrons. The van der Waals surface area contributed by atoms with Crippen LogP contribution in [-0.4, -0.2) is 53.6 Å². The van der Waals surface area contributed by atoms with Crippen molar-refractivity contribution in [2.75, 3.05) is 52.4 Å². The van der Waals surface area contributed by atoms with Crippen LogP contribution in [0.3, 0.4) is 0 Å².